The normalized spacial score (nSPS) is 12.5. The average molecular weight is 297 g/mol. The Hall–Kier alpha value is -1.28. The van der Waals surface area contributed by atoms with Gasteiger partial charge in [-0.1, -0.05) is 0 Å². The Bertz CT molecular complexity index is 445. The van der Waals surface area contributed by atoms with Crippen LogP contribution < -0.4 is 5.32 Å². The molecule has 8 heteroatoms. The Morgan fingerprint density at radius 1 is 1.32 bits per heavy atom. The summed E-state index contributed by atoms with van der Waals surface area (Å²) in [6.45, 7) is -0.561. The number of alkyl halides is 2. The minimum absolute atomic E-state index is 0.152. The van der Waals surface area contributed by atoms with Crippen molar-refractivity contribution in [3.8, 4) is 0 Å². The number of hydrogen-bond acceptors (Lipinski definition) is 3. The Morgan fingerprint density at radius 2 is 2.00 bits per heavy atom. The number of amides is 1. The van der Waals surface area contributed by atoms with Crippen molar-refractivity contribution in [2.75, 3.05) is 12.3 Å². The van der Waals surface area contributed by atoms with Crippen LogP contribution in [-0.4, -0.2) is 35.8 Å². The van der Waals surface area contributed by atoms with Crippen LogP contribution >= 0.6 is 11.8 Å². The van der Waals surface area contributed by atoms with Gasteiger partial charge in [0.1, 0.15) is 6.10 Å². The minimum Gasteiger partial charge on any atom is -0.385 e. The van der Waals surface area contributed by atoms with E-state index < -0.39 is 36.6 Å². The van der Waals surface area contributed by atoms with Gasteiger partial charge in [0.15, 0.2) is 11.6 Å². The highest BCUT2D eigenvalue weighted by Crippen LogP contribution is 2.19. The number of halogens is 4. The molecule has 0 radical (unpaired) electrons. The molecule has 0 bridgehead atoms. The Kier molecular flexibility index (Phi) is 6.10. The standard InChI is InChI=1S/C11H11F4NO2S/c12-7-2-1-6(3-8(7)13)19-5-10(18)16-4-9(17)11(14)15/h1-3,9,11,17H,4-5H2,(H,16,18). The fourth-order valence-electron chi connectivity index (χ4n) is 1.07. The van der Waals surface area contributed by atoms with Gasteiger partial charge in [-0.3, -0.25) is 4.79 Å². The molecule has 1 unspecified atom stereocenters. The number of aliphatic hydroxyl groups is 1. The van der Waals surface area contributed by atoms with Crippen molar-refractivity contribution in [1.82, 2.24) is 5.32 Å². The van der Waals surface area contributed by atoms with E-state index in [9.17, 15) is 22.4 Å². The minimum atomic E-state index is -2.93. The maximum Gasteiger partial charge on any atom is 0.265 e. The van der Waals surface area contributed by atoms with Crippen molar-refractivity contribution in [3.63, 3.8) is 0 Å². The van der Waals surface area contributed by atoms with Crippen LogP contribution in [0.5, 0.6) is 0 Å². The van der Waals surface area contributed by atoms with Crippen LogP contribution in [0.15, 0.2) is 23.1 Å². The van der Waals surface area contributed by atoms with Gasteiger partial charge in [0.05, 0.1) is 5.75 Å². The lowest BCUT2D eigenvalue weighted by molar-refractivity contribution is -0.119. The summed E-state index contributed by atoms with van der Waals surface area (Å²) in [5.41, 5.74) is 0. The van der Waals surface area contributed by atoms with Gasteiger partial charge in [0.2, 0.25) is 5.91 Å². The second-order valence-corrected chi connectivity index (χ2v) is 4.62. The van der Waals surface area contributed by atoms with Crippen molar-refractivity contribution >= 4 is 17.7 Å². The van der Waals surface area contributed by atoms with E-state index in [2.05, 4.69) is 5.32 Å². The van der Waals surface area contributed by atoms with Crippen molar-refractivity contribution in [1.29, 1.82) is 0 Å². The third kappa shape index (κ3) is 5.48. The molecular weight excluding hydrogens is 286 g/mol. The summed E-state index contributed by atoms with van der Waals surface area (Å²) in [5, 5.41) is 10.9. The van der Waals surface area contributed by atoms with E-state index in [1.807, 2.05) is 0 Å². The zero-order valence-electron chi connectivity index (χ0n) is 9.58. The van der Waals surface area contributed by atoms with E-state index >= 15 is 0 Å². The number of aliphatic hydroxyl groups excluding tert-OH is 1. The van der Waals surface area contributed by atoms with Crippen LogP contribution in [0.1, 0.15) is 0 Å². The molecule has 106 valence electrons. The summed E-state index contributed by atoms with van der Waals surface area (Å²) < 4.78 is 49.3. The monoisotopic (exact) mass is 297 g/mol. The third-order valence-electron chi connectivity index (χ3n) is 2.06. The van der Waals surface area contributed by atoms with Gasteiger partial charge in [-0.15, -0.1) is 11.8 Å². The second-order valence-electron chi connectivity index (χ2n) is 3.57. The average Bonchev–Trinajstić information content (AvgIpc) is 2.37. The van der Waals surface area contributed by atoms with Gasteiger partial charge in [0, 0.05) is 11.4 Å². The maximum absolute atomic E-state index is 12.8. The first-order chi connectivity index (χ1) is 8.90. The quantitative estimate of drug-likeness (QED) is 0.622. The number of hydrogen-bond donors (Lipinski definition) is 2. The summed E-state index contributed by atoms with van der Waals surface area (Å²) in [6.07, 6.45) is -4.85. The molecule has 0 aliphatic rings. The first-order valence-electron chi connectivity index (χ1n) is 5.21. The van der Waals surface area contributed by atoms with E-state index in [1.54, 1.807) is 0 Å². The smallest absolute Gasteiger partial charge is 0.265 e. The van der Waals surface area contributed by atoms with Crippen molar-refractivity contribution in [3.05, 3.63) is 29.8 Å². The molecule has 0 saturated carbocycles. The van der Waals surface area contributed by atoms with Crippen molar-refractivity contribution < 1.29 is 27.5 Å². The van der Waals surface area contributed by atoms with Gasteiger partial charge < -0.3 is 10.4 Å². The Morgan fingerprint density at radius 3 is 2.58 bits per heavy atom. The van der Waals surface area contributed by atoms with E-state index in [-0.39, 0.29) is 5.75 Å². The number of benzene rings is 1. The molecule has 0 aliphatic heterocycles. The van der Waals surface area contributed by atoms with Crippen LogP contribution in [-0.2, 0) is 4.79 Å². The topological polar surface area (TPSA) is 49.3 Å². The number of carbonyl (C=O) groups is 1. The Labute approximate surface area is 111 Å². The number of carbonyl (C=O) groups excluding carboxylic acids is 1. The highest BCUT2D eigenvalue weighted by atomic mass is 32.2. The zero-order chi connectivity index (χ0) is 14.4. The SMILES string of the molecule is O=C(CSc1ccc(F)c(F)c1)NCC(O)C(F)F. The summed E-state index contributed by atoms with van der Waals surface area (Å²) in [7, 11) is 0. The lowest BCUT2D eigenvalue weighted by Crippen LogP contribution is -2.36. The molecule has 0 aromatic heterocycles. The number of rotatable bonds is 6. The fraction of sp³-hybridized carbons (Fsp3) is 0.364. The molecule has 1 amide bonds. The van der Waals surface area contributed by atoms with Crippen LogP contribution in [0.2, 0.25) is 0 Å². The van der Waals surface area contributed by atoms with Gasteiger partial charge in [-0.2, -0.15) is 0 Å². The molecule has 1 aromatic rings. The summed E-state index contributed by atoms with van der Waals surface area (Å²) in [5.74, 6) is -2.76. The number of thioether (sulfide) groups is 1. The van der Waals surface area contributed by atoms with Gasteiger partial charge in [0.25, 0.3) is 6.43 Å². The predicted octanol–water partition coefficient (Wildman–Crippen LogP) is 1.80. The van der Waals surface area contributed by atoms with Crippen LogP contribution in [0.25, 0.3) is 0 Å². The van der Waals surface area contributed by atoms with Gasteiger partial charge >= 0.3 is 0 Å². The maximum atomic E-state index is 12.8. The van der Waals surface area contributed by atoms with Crippen LogP contribution in [0.4, 0.5) is 17.6 Å². The van der Waals surface area contributed by atoms with E-state index in [1.165, 1.54) is 6.07 Å². The van der Waals surface area contributed by atoms with Gasteiger partial charge in [-0.05, 0) is 18.2 Å². The van der Waals surface area contributed by atoms with Crippen molar-refractivity contribution in [2.45, 2.75) is 17.4 Å². The van der Waals surface area contributed by atoms with Crippen molar-refractivity contribution in [2.24, 2.45) is 0 Å². The fourth-order valence-corrected chi connectivity index (χ4v) is 1.82. The lowest BCUT2D eigenvalue weighted by atomic mass is 10.3. The molecule has 0 fully saturated rings. The number of nitrogens with one attached hydrogen (secondary N) is 1. The molecule has 0 spiro atoms. The van der Waals surface area contributed by atoms with E-state index in [0.717, 1.165) is 23.9 Å². The molecule has 19 heavy (non-hydrogen) atoms. The van der Waals surface area contributed by atoms with E-state index in [0.29, 0.717) is 4.90 Å². The third-order valence-corrected chi connectivity index (χ3v) is 3.05. The predicted molar refractivity (Wildman–Crippen MR) is 62.1 cm³/mol. The molecule has 0 saturated heterocycles. The molecule has 1 atom stereocenters. The molecule has 1 aromatic carbocycles. The highest BCUT2D eigenvalue weighted by molar-refractivity contribution is 8.00. The summed E-state index contributed by atoms with van der Waals surface area (Å²) in [4.78, 5) is 11.6. The molecule has 3 nitrogen and oxygen atoms in total. The lowest BCUT2D eigenvalue weighted by Gasteiger charge is -2.10. The first-order valence-corrected chi connectivity index (χ1v) is 6.19. The molecule has 1 rings (SSSR count). The molecular formula is C11H11F4NO2S. The van der Waals surface area contributed by atoms with Crippen LogP contribution in [0, 0.1) is 11.6 Å². The second kappa shape index (κ2) is 7.34. The van der Waals surface area contributed by atoms with E-state index in [4.69, 9.17) is 5.11 Å². The first kappa shape index (κ1) is 15.8. The largest absolute Gasteiger partial charge is 0.385 e. The highest BCUT2D eigenvalue weighted by Gasteiger charge is 2.17. The molecule has 0 heterocycles. The molecule has 2 N–H and O–H groups in total. The van der Waals surface area contributed by atoms with Crippen LogP contribution in [0.3, 0.4) is 0 Å². The molecule has 0 aliphatic carbocycles. The summed E-state index contributed by atoms with van der Waals surface area (Å²) >= 11 is 0.924. The Balaban J connectivity index is 2.35. The summed E-state index contributed by atoms with van der Waals surface area (Å²) in [6, 6.07) is 3.15. The van der Waals surface area contributed by atoms with Gasteiger partial charge in [-0.25, -0.2) is 17.6 Å². The zero-order valence-corrected chi connectivity index (χ0v) is 10.4.